The average Bonchev–Trinajstić information content (AvgIpc) is 2.18. The summed E-state index contributed by atoms with van der Waals surface area (Å²) in [4.78, 5) is 25.5. The molecule has 1 N–H and O–H groups in total. The average molecular weight is 228 g/mol. The van der Waals surface area contributed by atoms with E-state index in [2.05, 4.69) is 4.98 Å². The minimum Gasteiger partial charge on any atom is -0.481 e. The number of hydrogen-bond acceptors (Lipinski definition) is 3. The minimum atomic E-state index is -0.896. The van der Waals surface area contributed by atoms with Crippen LogP contribution in [0.2, 0.25) is 5.02 Å². The predicted molar refractivity (Wildman–Crippen MR) is 55.1 cm³/mol. The molecule has 4 nitrogen and oxygen atoms in total. The van der Waals surface area contributed by atoms with Crippen molar-refractivity contribution in [1.29, 1.82) is 0 Å². The third kappa shape index (κ3) is 4.08. The van der Waals surface area contributed by atoms with Crippen LogP contribution in [0.25, 0.3) is 0 Å². The van der Waals surface area contributed by atoms with Crippen molar-refractivity contribution < 1.29 is 14.7 Å². The molecule has 0 saturated carbocycles. The first-order valence-corrected chi connectivity index (χ1v) is 4.84. The van der Waals surface area contributed by atoms with Gasteiger partial charge in [0.1, 0.15) is 5.69 Å². The topological polar surface area (TPSA) is 67.3 Å². The van der Waals surface area contributed by atoms with Crippen molar-refractivity contribution in [2.75, 3.05) is 0 Å². The monoisotopic (exact) mass is 227 g/mol. The predicted octanol–water partition coefficient (Wildman–Crippen LogP) is 2.17. The molecular formula is C10H10ClNO3. The summed E-state index contributed by atoms with van der Waals surface area (Å²) in [5.41, 5.74) is 0.324. The molecule has 0 radical (unpaired) electrons. The van der Waals surface area contributed by atoms with Crippen LogP contribution < -0.4 is 0 Å². The summed E-state index contributed by atoms with van der Waals surface area (Å²) in [6, 6.07) is 3.12. The summed E-state index contributed by atoms with van der Waals surface area (Å²) < 4.78 is 0. The first kappa shape index (κ1) is 11.7. The number of ketones is 1. The Labute approximate surface area is 91.9 Å². The summed E-state index contributed by atoms with van der Waals surface area (Å²) in [7, 11) is 0. The Balaban J connectivity index is 2.47. The van der Waals surface area contributed by atoms with Crippen LogP contribution in [0.1, 0.15) is 29.8 Å². The Hall–Kier alpha value is -1.42. The number of nitrogens with zero attached hydrogens (tertiary/aromatic N) is 1. The van der Waals surface area contributed by atoms with Crippen molar-refractivity contribution in [3.05, 3.63) is 29.0 Å². The second-order valence-corrected chi connectivity index (χ2v) is 3.47. The summed E-state index contributed by atoms with van der Waals surface area (Å²) in [6.45, 7) is 0. The Bertz CT molecular complexity index is 361. The molecule has 0 fully saturated rings. The van der Waals surface area contributed by atoms with Crippen LogP contribution in [0.5, 0.6) is 0 Å². The van der Waals surface area contributed by atoms with Gasteiger partial charge in [-0.2, -0.15) is 0 Å². The molecule has 0 unspecified atom stereocenters. The molecule has 0 aliphatic carbocycles. The van der Waals surface area contributed by atoms with Crippen LogP contribution in [0, 0.1) is 0 Å². The molecule has 0 amide bonds. The number of carbonyl (C=O) groups excluding carboxylic acids is 1. The Morgan fingerprint density at radius 3 is 2.60 bits per heavy atom. The van der Waals surface area contributed by atoms with Gasteiger partial charge in [-0.3, -0.25) is 14.6 Å². The molecule has 80 valence electrons. The fraction of sp³-hybridized carbons (Fsp3) is 0.300. The van der Waals surface area contributed by atoms with Gasteiger partial charge in [-0.25, -0.2) is 0 Å². The third-order valence-corrected chi connectivity index (χ3v) is 2.03. The lowest BCUT2D eigenvalue weighted by molar-refractivity contribution is -0.137. The lowest BCUT2D eigenvalue weighted by Crippen LogP contribution is -2.03. The highest BCUT2D eigenvalue weighted by atomic mass is 35.5. The van der Waals surface area contributed by atoms with Gasteiger partial charge in [-0.1, -0.05) is 11.6 Å². The number of carboxylic acids is 1. The van der Waals surface area contributed by atoms with Gasteiger partial charge in [0.2, 0.25) is 0 Å². The molecule has 0 bridgehead atoms. The maximum Gasteiger partial charge on any atom is 0.303 e. The summed E-state index contributed by atoms with van der Waals surface area (Å²) in [5.74, 6) is -1.06. The smallest absolute Gasteiger partial charge is 0.303 e. The van der Waals surface area contributed by atoms with Crippen LogP contribution in [-0.2, 0) is 4.79 Å². The number of carbonyl (C=O) groups is 2. The highest BCUT2D eigenvalue weighted by molar-refractivity contribution is 6.30. The second-order valence-electron chi connectivity index (χ2n) is 3.03. The number of Topliss-reactive ketones (excluding diaryl/α,β-unsaturated/α-hetero) is 1. The molecule has 5 heteroatoms. The molecule has 0 aliphatic rings. The van der Waals surface area contributed by atoms with E-state index in [4.69, 9.17) is 16.7 Å². The van der Waals surface area contributed by atoms with Gasteiger partial charge in [0.25, 0.3) is 0 Å². The zero-order valence-corrected chi connectivity index (χ0v) is 8.70. The first-order chi connectivity index (χ1) is 7.09. The van der Waals surface area contributed by atoms with Crippen molar-refractivity contribution in [2.24, 2.45) is 0 Å². The number of halogens is 1. The largest absolute Gasteiger partial charge is 0.481 e. The van der Waals surface area contributed by atoms with E-state index in [1.807, 2.05) is 0 Å². The Morgan fingerprint density at radius 1 is 1.33 bits per heavy atom. The van der Waals surface area contributed by atoms with Crippen molar-refractivity contribution in [3.63, 3.8) is 0 Å². The van der Waals surface area contributed by atoms with E-state index >= 15 is 0 Å². The molecule has 0 saturated heterocycles. The molecular weight excluding hydrogens is 218 g/mol. The van der Waals surface area contributed by atoms with Gasteiger partial charge in [0.15, 0.2) is 5.78 Å². The molecule has 1 aromatic rings. The zero-order chi connectivity index (χ0) is 11.3. The van der Waals surface area contributed by atoms with E-state index in [-0.39, 0.29) is 18.6 Å². The summed E-state index contributed by atoms with van der Waals surface area (Å²) in [5, 5.41) is 8.86. The van der Waals surface area contributed by atoms with E-state index in [0.717, 1.165) is 0 Å². The number of carboxylic acid groups (broad SMARTS) is 1. The van der Waals surface area contributed by atoms with E-state index in [1.165, 1.54) is 12.3 Å². The van der Waals surface area contributed by atoms with Crippen LogP contribution in [0.3, 0.4) is 0 Å². The van der Waals surface area contributed by atoms with Crippen LogP contribution >= 0.6 is 11.6 Å². The molecule has 0 spiro atoms. The van der Waals surface area contributed by atoms with E-state index in [1.54, 1.807) is 6.07 Å². The lowest BCUT2D eigenvalue weighted by atomic mass is 10.1. The van der Waals surface area contributed by atoms with Crippen LogP contribution in [0.15, 0.2) is 18.3 Å². The fourth-order valence-corrected chi connectivity index (χ4v) is 1.18. The zero-order valence-electron chi connectivity index (χ0n) is 7.94. The van der Waals surface area contributed by atoms with E-state index in [9.17, 15) is 9.59 Å². The molecule has 0 atom stereocenters. The van der Waals surface area contributed by atoms with Gasteiger partial charge in [-0.05, 0) is 18.6 Å². The van der Waals surface area contributed by atoms with E-state index < -0.39 is 5.97 Å². The van der Waals surface area contributed by atoms with Crippen LogP contribution in [-0.4, -0.2) is 21.8 Å². The van der Waals surface area contributed by atoms with Gasteiger partial charge in [0.05, 0.1) is 5.02 Å². The van der Waals surface area contributed by atoms with Crippen molar-refractivity contribution in [1.82, 2.24) is 4.98 Å². The lowest BCUT2D eigenvalue weighted by Gasteiger charge is -1.98. The summed E-state index contributed by atoms with van der Waals surface area (Å²) >= 11 is 5.61. The Morgan fingerprint density at radius 2 is 2.07 bits per heavy atom. The quantitative estimate of drug-likeness (QED) is 0.783. The highest BCUT2D eigenvalue weighted by Gasteiger charge is 2.07. The normalized spacial score (nSPS) is 9.93. The molecule has 0 aliphatic heterocycles. The van der Waals surface area contributed by atoms with Crippen molar-refractivity contribution in [3.8, 4) is 0 Å². The molecule has 15 heavy (non-hydrogen) atoms. The highest BCUT2D eigenvalue weighted by Crippen LogP contribution is 2.09. The van der Waals surface area contributed by atoms with Gasteiger partial charge in [-0.15, -0.1) is 0 Å². The first-order valence-electron chi connectivity index (χ1n) is 4.46. The van der Waals surface area contributed by atoms with Gasteiger partial charge >= 0.3 is 5.97 Å². The number of pyridine rings is 1. The summed E-state index contributed by atoms with van der Waals surface area (Å²) in [6.07, 6.45) is 1.92. The third-order valence-electron chi connectivity index (χ3n) is 1.81. The maximum absolute atomic E-state index is 11.4. The molecule has 1 heterocycles. The second kappa shape index (κ2) is 5.46. The molecule has 0 aromatic carbocycles. The molecule has 1 rings (SSSR count). The van der Waals surface area contributed by atoms with Gasteiger partial charge < -0.3 is 5.11 Å². The Kier molecular flexibility index (Phi) is 4.24. The number of aromatic nitrogens is 1. The number of rotatable bonds is 5. The van der Waals surface area contributed by atoms with Gasteiger partial charge in [0, 0.05) is 19.0 Å². The number of hydrogen-bond donors (Lipinski definition) is 1. The maximum atomic E-state index is 11.4. The van der Waals surface area contributed by atoms with Crippen LogP contribution in [0.4, 0.5) is 0 Å². The minimum absolute atomic E-state index is 0.000665. The SMILES string of the molecule is O=C(O)CCCC(=O)c1ccc(Cl)cn1. The van der Waals surface area contributed by atoms with Crippen molar-refractivity contribution in [2.45, 2.75) is 19.3 Å². The van der Waals surface area contributed by atoms with Crippen molar-refractivity contribution >= 4 is 23.4 Å². The fourth-order valence-electron chi connectivity index (χ4n) is 1.07. The number of aliphatic carboxylic acids is 1. The molecule has 1 aromatic heterocycles. The van der Waals surface area contributed by atoms with E-state index in [0.29, 0.717) is 17.1 Å². The standard InChI is InChI=1S/C10H10ClNO3/c11-7-4-5-8(12-6-7)9(13)2-1-3-10(14)15/h4-6H,1-3H2,(H,14,15).